The quantitative estimate of drug-likeness (QED) is 0.695. The molecule has 1 heterocycles. The molecule has 0 fully saturated rings. The lowest BCUT2D eigenvalue weighted by molar-refractivity contribution is 0.184. The Morgan fingerprint density at radius 1 is 1.55 bits per heavy atom. The Hall–Kier alpha value is -0.930. The molecule has 0 aliphatic heterocycles. The van der Waals surface area contributed by atoms with Crippen molar-refractivity contribution in [3.05, 3.63) is 29.6 Å². The van der Waals surface area contributed by atoms with Crippen molar-refractivity contribution in [2.75, 3.05) is 7.11 Å². The number of aliphatic hydroxyl groups is 1. The lowest BCUT2D eigenvalue weighted by Gasteiger charge is -1.98. The third-order valence-corrected chi connectivity index (χ3v) is 1.36. The third-order valence-electron chi connectivity index (χ3n) is 1.36. The molecule has 0 aliphatic rings. The summed E-state index contributed by atoms with van der Waals surface area (Å²) < 4.78 is 4.90. The summed E-state index contributed by atoms with van der Waals surface area (Å²) in [6, 6.07) is 3.68. The van der Waals surface area contributed by atoms with Crippen molar-refractivity contribution in [1.29, 1.82) is 0 Å². The molecule has 60 valence electrons. The maximum absolute atomic E-state index is 8.66. The molecular formula is C8H11NO2. The number of aromatic nitrogens is 1. The molecule has 0 bridgehead atoms. The Morgan fingerprint density at radius 2 is 2.36 bits per heavy atom. The summed E-state index contributed by atoms with van der Waals surface area (Å²) in [5.41, 5.74) is 1.70. The fraction of sp³-hybridized carbons (Fsp3) is 0.375. The maximum atomic E-state index is 8.66. The van der Waals surface area contributed by atoms with Gasteiger partial charge < -0.3 is 9.84 Å². The van der Waals surface area contributed by atoms with Crippen molar-refractivity contribution in [1.82, 2.24) is 4.98 Å². The second-order valence-corrected chi connectivity index (χ2v) is 2.25. The number of ether oxygens (including phenoxy) is 1. The molecule has 3 heteroatoms. The van der Waals surface area contributed by atoms with Crippen molar-refractivity contribution >= 4 is 0 Å². The van der Waals surface area contributed by atoms with Gasteiger partial charge in [0.1, 0.15) is 0 Å². The van der Waals surface area contributed by atoms with Gasteiger partial charge in [0.05, 0.1) is 18.9 Å². The highest BCUT2D eigenvalue weighted by molar-refractivity contribution is 5.12. The molecule has 0 saturated heterocycles. The van der Waals surface area contributed by atoms with Crippen LogP contribution in [0.2, 0.25) is 0 Å². The highest BCUT2D eigenvalue weighted by Crippen LogP contribution is 2.00. The molecule has 0 amide bonds. The Balaban J connectivity index is 2.66. The number of aliphatic hydroxyl groups excluding tert-OH is 1. The molecule has 1 rings (SSSR count). The summed E-state index contributed by atoms with van der Waals surface area (Å²) >= 11 is 0. The summed E-state index contributed by atoms with van der Waals surface area (Å²) in [6.45, 7) is 0.561. The van der Waals surface area contributed by atoms with E-state index in [0.29, 0.717) is 12.3 Å². The van der Waals surface area contributed by atoms with Crippen LogP contribution in [0.25, 0.3) is 0 Å². The molecule has 1 aromatic heterocycles. The van der Waals surface area contributed by atoms with Crippen molar-refractivity contribution in [3.8, 4) is 0 Å². The smallest absolute Gasteiger partial charge is 0.0852 e. The number of hydrogen-bond donors (Lipinski definition) is 1. The van der Waals surface area contributed by atoms with Gasteiger partial charge in [-0.05, 0) is 11.6 Å². The predicted octanol–water partition coefficient (Wildman–Crippen LogP) is 0.720. The van der Waals surface area contributed by atoms with Gasteiger partial charge in [-0.25, -0.2) is 0 Å². The molecule has 0 aromatic carbocycles. The summed E-state index contributed by atoms with van der Waals surface area (Å²) in [7, 11) is 1.64. The zero-order chi connectivity index (χ0) is 8.10. The second kappa shape index (κ2) is 4.05. The van der Waals surface area contributed by atoms with Gasteiger partial charge in [-0.2, -0.15) is 0 Å². The van der Waals surface area contributed by atoms with E-state index in [0.717, 1.165) is 5.56 Å². The van der Waals surface area contributed by atoms with Crippen LogP contribution < -0.4 is 0 Å². The van der Waals surface area contributed by atoms with E-state index >= 15 is 0 Å². The lowest BCUT2D eigenvalue weighted by Crippen LogP contribution is -1.92. The maximum Gasteiger partial charge on any atom is 0.0852 e. The van der Waals surface area contributed by atoms with Gasteiger partial charge in [0.15, 0.2) is 0 Å². The highest BCUT2D eigenvalue weighted by Gasteiger charge is 1.92. The van der Waals surface area contributed by atoms with Crippen LogP contribution in [0, 0.1) is 0 Å². The largest absolute Gasteiger partial charge is 0.390 e. The molecule has 3 nitrogen and oxygen atoms in total. The SMILES string of the molecule is COCc1ccc(CO)nc1. The zero-order valence-electron chi connectivity index (χ0n) is 6.45. The highest BCUT2D eigenvalue weighted by atomic mass is 16.5. The summed E-state index contributed by atoms with van der Waals surface area (Å²) in [5.74, 6) is 0. The van der Waals surface area contributed by atoms with Gasteiger partial charge in [0, 0.05) is 13.3 Å². The Morgan fingerprint density at radius 3 is 2.82 bits per heavy atom. The molecule has 0 aliphatic carbocycles. The van der Waals surface area contributed by atoms with Crippen molar-refractivity contribution in [2.24, 2.45) is 0 Å². The first-order chi connectivity index (χ1) is 5.36. The first-order valence-corrected chi connectivity index (χ1v) is 3.40. The standard InChI is InChI=1S/C8H11NO2/c1-11-6-7-2-3-8(5-10)9-4-7/h2-4,10H,5-6H2,1H3. The first kappa shape index (κ1) is 8.17. The van der Waals surface area contributed by atoms with Crippen molar-refractivity contribution in [3.63, 3.8) is 0 Å². The number of pyridine rings is 1. The monoisotopic (exact) mass is 153 g/mol. The molecule has 11 heavy (non-hydrogen) atoms. The van der Waals surface area contributed by atoms with E-state index in [-0.39, 0.29) is 6.61 Å². The van der Waals surface area contributed by atoms with Crippen LogP contribution in [0.15, 0.2) is 18.3 Å². The molecular weight excluding hydrogens is 142 g/mol. The average Bonchev–Trinajstić information content (AvgIpc) is 2.07. The zero-order valence-corrected chi connectivity index (χ0v) is 6.45. The molecule has 0 atom stereocenters. The summed E-state index contributed by atoms with van der Waals surface area (Å²) in [4.78, 5) is 3.99. The predicted molar refractivity (Wildman–Crippen MR) is 40.9 cm³/mol. The van der Waals surface area contributed by atoms with E-state index < -0.39 is 0 Å². The van der Waals surface area contributed by atoms with E-state index in [1.54, 1.807) is 19.4 Å². The molecule has 0 radical (unpaired) electrons. The third kappa shape index (κ3) is 2.29. The van der Waals surface area contributed by atoms with Crippen LogP contribution in [-0.2, 0) is 18.0 Å². The topological polar surface area (TPSA) is 42.4 Å². The number of rotatable bonds is 3. The van der Waals surface area contributed by atoms with Crippen molar-refractivity contribution in [2.45, 2.75) is 13.2 Å². The number of methoxy groups -OCH3 is 1. The minimum absolute atomic E-state index is 0.00668. The van der Waals surface area contributed by atoms with Gasteiger partial charge in [-0.1, -0.05) is 6.07 Å². The van der Waals surface area contributed by atoms with E-state index in [9.17, 15) is 0 Å². The molecule has 0 unspecified atom stereocenters. The molecule has 0 saturated carbocycles. The van der Waals surface area contributed by atoms with Crippen LogP contribution in [-0.4, -0.2) is 17.2 Å². The van der Waals surface area contributed by atoms with E-state index in [1.807, 2.05) is 6.07 Å². The summed E-state index contributed by atoms with van der Waals surface area (Å²) in [5, 5.41) is 8.66. The minimum Gasteiger partial charge on any atom is -0.390 e. The van der Waals surface area contributed by atoms with Crippen LogP contribution in [0.3, 0.4) is 0 Å². The van der Waals surface area contributed by atoms with E-state index in [1.165, 1.54) is 0 Å². The first-order valence-electron chi connectivity index (χ1n) is 3.40. The fourth-order valence-electron chi connectivity index (χ4n) is 0.801. The fourth-order valence-corrected chi connectivity index (χ4v) is 0.801. The van der Waals surface area contributed by atoms with Gasteiger partial charge in [-0.15, -0.1) is 0 Å². The Labute approximate surface area is 65.7 Å². The normalized spacial score (nSPS) is 10.0. The molecule has 0 spiro atoms. The number of nitrogens with zero attached hydrogens (tertiary/aromatic N) is 1. The molecule has 1 aromatic rings. The van der Waals surface area contributed by atoms with Crippen LogP contribution in [0.4, 0.5) is 0 Å². The van der Waals surface area contributed by atoms with Crippen LogP contribution in [0.1, 0.15) is 11.3 Å². The van der Waals surface area contributed by atoms with Crippen LogP contribution in [0.5, 0.6) is 0 Å². The number of hydrogen-bond acceptors (Lipinski definition) is 3. The van der Waals surface area contributed by atoms with Gasteiger partial charge in [0.25, 0.3) is 0 Å². The van der Waals surface area contributed by atoms with Gasteiger partial charge in [0.2, 0.25) is 0 Å². The summed E-state index contributed by atoms with van der Waals surface area (Å²) in [6.07, 6.45) is 1.70. The van der Waals surface area contributed by atoms with Crippen molar-refractivity contribution < 1.29 is 9.84 Å². The Bertz CT molecular complexity index is 208. The van der Waals surface area contributed by atoms with E-state index in [2.05, 4.69) is 4.98 Å². The molecule has 1 N–H and O–H groups in total. The lowest BCUT2D eigenvalue weighted by atomic mass is 10.3. The van der Waals surface area contributed by atoms with E-state index in [4.69, 9.17) is 9.84 Å². The van der Waals surface area contributed by atoms with Gasteiger partial charge >= 0.3 is 0 Å². The average molecular weight is 153 g/mol. The Kier molecular flexibility index (Phi) is 3.01. The van der Waals surface area contributed by atoms with Gasteiger partial charge in [-0.3, -0.25) is 4.98 Å². The second-order valence-electron chi connectivity index (χ2n) is 2.25. The minimum atomic E-state index is -0.00668. The van der Waals surface area contributed by atoms with Crippen LogP contribution >= 0.6 is 0 Å².